The van der Waals surface area contributed by atoms with Crippen molar-refractivity contribution < 1.29 is 24.2 Å². The van der Waals surface area contributed by atoms with Crippen LogP contribution in [0.3, 0.4) is 0 Å². The number of methoxy groups -OCH3 is 1. The SMILES string of the molecule is CCCOc1ccc(/C(O)=C2/C(=O)C(=O)N(CCOC)C2c2sccc2C)cc1C. The first kappa shape index (κ1) is 22.1. The third-order valence-electron chi connectivity index (χ3n) is 5.14. The van der Waals surface area contributed by atoms with Crippen molar-refractivity contribution >= 4 is 28.8 Å². The number of carbonyl (C=O) groups is 2. The van der Waals surface area contributed by atoms with Crippen LogP contribution in [0.25, 0.3) is 5.76 Å². The summed E-state index contributed by atoms with van der Waals surface area (Å²) in [6, 6.07) is 6.60. The van der Waals surface area contributed by atoms with Gasteiger partial charge in [-0.3, -0.25) is 9.59 Å². The maximum absolute atomic E-state index is 12.9. The van der Waals surface area contributed by atoms with Gasteiger partial charge in [0.15, 0.2) is 0 Å². The molecule has 1 aromatic carbocycles. The minimum Gasteiger partial charge on any atom is -0.507 e. The first-order valence-corrected chi connectivity index (χ1v) is 10.8. The molecule has 2 heterocycles. The lowest BCUT2D eigenvalue weighted by molar-refractivity contribution is -0.140. The van der Waals surface area contributed by atoms with Gasteiger partial charge in [0.25, 0.3) is 11.7 Å². The second-order valence-corrected chi connectivity index (χ2v) is 8.23. The van der Waals surface area contributed by atoms with Gasteiger partial charge >= 0.3 is 0 Å². The van der Waals surface area contributed by atoms with E-state index in [4.69, 9.17) is 9.47 Å². The number of rotatable bonds is 8. The molecule has 0 bridgehead atoms. The maximum Gasteiger partial charge on any atom is 0.295 e. The molecule has 1 N–H and O–H groups in total. The number of nitrogens with zero attached hydrogens (tertiary/aromatic N) is 1. The standard InChI is InChI=1S/C23H27NO5S/c1-5-10-29-17-7-6-16(13-15(17)3)20(25)18-19(22-14(2)8-12-30-22)24(9-11-28-4)23(27)21(18)26/h6-8,12-13,19,25H,5,9-11H2,1-4H3/b20-18-. The van der Waals surface area contributed by atoms with Crippen LogP contribution < -0.4 is 4.74 Å². The molecule has 0 aliphatic carbocycles. The van der Waals surface area contributed by atoms with E-state index in [0.717, 1.165) is 28.2 Å². The molecule has 0 spiro atoms. The predicted molar refractivity (Wildman–Crippen MR) is 117 cm³/mol. The molecule has 30 heavy (non-hydrogen) atoms. The van der Waals surface area contributed by atoms with Crippen molar-refractivity contribution in [2.24, 2.45) is 0 Å². The first-order valence-electron chi connectivity index (χ1n) is 9.95. The Morgan fingerprint density at radius 2 is 1.93 bits per heavy atom. The topological polar surface area (TPSA) is 76.1 Å². The lowest BCUT2D eigenvalue weighted by Gasteiger charge is -2.24. The van der Waals surface area contributed by atoms with E-state index in [1.54, 1.807) is 25.3 Å². The average Bonchev–Trinajstić information content (AvgIpc) is 3.26. The monoisotopic (exact) mass is 429 g/mol. The highest BCUT2D eigenvalue weighted by Crippen LogP contribution is 2.42. The Kier molecular flexibility index (Phi) is 6.95. The van der Waals surface area contributed by atoms with Gasteiger partial charge in [0, 0.05) is 24.1 Å². The van der Waals surface area contributed by atoms with Gasteiger partial charge in [-0.05, 0) is 61.0 Å². The van der Waals surface area contributed by atoms with E-state index in [-0.39, 0.29) is 17.9 Å². The zero-order valence-corrected chi connectivity index (χ0v) is 18.5. The highest BCUT2D eigenvalue weighted by Gasteiger charge is 2.46. The third kappa shape index (κ3) is 4.13. The second kappa shape index (κ2) is 9.45. The lowest BCUT2D eigenvalue weighted by atomic mass is 9.97. The molecular weight excluding hydrogens is 402 g/mol. The van der Waals surface area contributed by atoms with Crippen molar-refractivity contribution in [2.45, 2.75) is 33.2 Å². The Balaban J connectivity index is 2.09. The molecule has 1 amide bonds. The molecule has 1 unspecified atom stereocenters. The van der Waals surface area contributed by atoms with E-state index in [2.05, 4.69) is 0 Å². The minimum atomic E-state index is -0.676. The summed E-state index contributed by atoms with van der Waals surface area (Å²) in [6.45, 7) is 7.03. The van der Waals surface area contributed by atoms with Gasteiger partial charge in [-0.2, -0.15) is 0 Å². The highest BCUT2D eigenvalue weighted by atomic mass is 32.1. The smallest absolute Gasteiger partial charge is 0.295 e. The van der Waals surface area contributed by atoms with Gasteiger partial charge in [0.1, 0.15) is 11.5 Å². The van der Waals surface area contributed by atoms with Crippen LogP contribution >= 0.6 is 11.3 Å². The molecule has 1 atom stereocenters. The Morgan fingerprint density at radius 3 is 2.53 bits per heavy atom. The summed E-state index contributed by atoms with van der Waals surface area (Å²) in [5, 5.41) is 13.0. The number of amides is 1. The molecular formula is C23H27NO5S. The highest BCUT2D eigenvalue weighted by molar-refractivity contribution is 7.10. The molecule has 0 saturated carbocycles. The molecule has 1 saturated heterocycles. The van der Waals surface area contributed by atoms with Crippen LogP contribution in [0.15, 0.2) is 35.2 Å². The summed E-state index contributed by atoms with van der Waals surface area (Å²) in [5.74, 6) is -0.729. The Bertz CT molecular complexity index is 978. The summed E-state index contributed by atoms with van der Waals surface area (Å²) < 4.78 is 10.8. The van der Waals surface area contributed by atoms with E-state index >= 15 is 0 Å². The van der Waals surface area contributed by atoms with Gasteiger partial charge in [0.2, 0.25) is 0 Å². The molecule has 1 aliphatic heterocycles. The maximum atomic E-state index is 12.9. The number of aryl methyl sites for hydroxylation is 2. The number of hydrogen-bond acceptors (Lipinski definition) is 6. The van der Waals surface area contributed by atoms with Crippen LogP contribution in [-0.2, 0) is 14.3 Å². The van der Waals surface area contributed by atoms with E-state index in [9.17, 15) is 14.7 Å². The molecule has 160 valence electrons. The number of carbonyl (C=O) groups excluding carboxylic acids is 2. The number of ketones is 1. The molecule has 1 aliphatic rings. The number of ether oxygens (including phenoxy) is 2. The number of hydrogen-bond donors (Lipinski definition) is 1. The van der Waals surface area contributed by atoms with Crippen LogP contribution in [0.1, 0.15) is 41.0 Å². The largest absolute Gasteiger partial charge is 0.507 e. The van der Waals surface area contributed by atoms with Crippen molar-refractivity contribution in [1.82, 2.24) is 4.90 Å². The van der Waals surface area contributed by atoms with E-state index in [1.165, 1.54) is 16.2 Å². The molecule has 2 aromatic rings. The first-order chi connectivity index (χ1) is 14.4. The van der Waals surface area contributed by atoms with Crippen LogP contribution in [0.4, 0.5) is 0 Å². The fraction of sp³-hybridized carbons (Fsp3) is 0.391. The van der Waals surface area contributed by atoms with Crippen molar-refractivity contribution in [1.29, 1.82) is 0 Å². The molecule has 3 rings (SSSR count). The Morgan fingerprint density at radius 1 is 1.17 bits per heavy atom. The molecule has 7 heteroatoms. The quantitative estimate of drug-likeness (QED) is 0.386. The molecule has 1 aromatic heterocycles. The average molecular weight is 430 g/mol. The number of thiophene rings is 1. The van der Waals surface area contributed by atoms with Crippen molar-refractivity contribution in [3.63, 3.8) is 0 Å². The zero-order chi connectivity index (χ0) is 21.8. The van der Waals surface area contributed by atoms with Crippen molar-refractivity contribution in [3.05, 3.63) is 56.8 Å². The fourth-order valence-corrected chi connectivity index (χ4v) is 4.61. The summed E-state index contributed by atoms with van der Waals surface area (Å²) in [7, 11) is 1.55. The van der Waals surface area contributed by atoms with Crippen molar-refractivity contribution in [2.75, 3.05) is 26.9 Å². The summed E-state index contributed by atoms with van der Waals surface area (Å²) in [5.41, 5.74) is 2.42. The minimum absolute atomic E-state index is 0.114. The second-order valence-electron chi connectivity index (χ2n) is 7.28. The number of likely N-dealkylation sites (tertiary alicyclic amines) is 1. The molecule has 0 radical (unpaired) electrons. The fourth-order valence-electron chi connectivity index (χ4n) is 3.56. The van der Waals surface area contributed by atoms with Gasteiger partial charge in [-0.15, -0.1) is 11.3 Å². The normalized spacial score (nSPS) is 18.3. The number of aliphatic hydroxyl groups excluding tert-OH is 1. The van der Waals surface area contributed by atoms with Crippen molar-refractivity contribution in [3.8, 4) is 5.75 Å². The number of benzene rings is 1. The van der Waals surface area contributed by atoms with Gasteiger partial charge in [-0.25, -0.2) is 0 Å². The van der Waals surface area contributed by atoms with E-state index in [0.29, 0.717) is 18.8 Å². The van der Waals surface area contributed by atoms with Crippen LogP contribution in [0.2, 0.25) is 0 Å². The Hall–Kier alpha value is -2.64. The lowest BCUT2D eigenvalue weighted by Crippen LogP contribution is -2.32. The molecule has 6 nitrogen and oxygen atoms in total. The summed E-state index contributed by atoms with van der Waals surface area (Å²) in [6.07, 6.45) is 0.895. The predicted octanol–water partition coefficient (Wildman–Crippen LogP) is 4.22. The van der Waals surface area contributed by atoms with Crippen LogP contribution in [0.5, 0.6) is 5.75 Å². The van der Waals surface area contributed by atoms with Crippen LogP contribution in [-0.4, -0.2) is 48.6 Å². The summed E-state index contributed by atoms with van der Waals surface area (Å²) in [4.78, 5) is 28.1. The van der Waals surface area contributed by atoms with Crippen LogP contribution in [0, 0.1) is 13.8 Å². The zero-order valence-electron chi connectivity index (χ0n) is 17.7. The van der Waals surface area contributed by atoms with E-state index in [1.807, 2.05) is 32.2 Å². The van der Waals surface area contributed by atoms with Gasteiger partial charge in [-0.1, -0.05) is 6.92 Å². The van der Waals surface area contributed by atoms with Gasteiger partial charge in [0.05, 0.1) is 24.8 Å². The third-order valence-corrected chi connectivity index (χ3v) is 6.21. The molecule has 1 fully saturated rings. The van der Waals surface area contributed by atoms with E-state index < -0.39 is 17.7 Å². The Labute approximate surface area is 180 Å². The van der Waals surface area contributed by atoms with Gasteiger partial charge < -0.3 is 19.5 Å². The number of aliphatic hydroxyl groups is 1. The number of Topliss-reactive ketones (excluding diaryl/α,β-unsaturated/α-hetero) is 1. The summed E-state index contributed by atoms with van der Waals surface area (Å²) >= 11 is 1.47.